The summed E-state index contributed by atoms with van der Waals surface area (Å²) in [6, 6.07) is 7.50. The molecular weight excluding hydrogens is 272 g/mol. The van der Waals surface area contributed by atoms with Gasteiger partial charge in [0.05, 0.1) is 20.3 Å². The van der Waals surface area contributed by atoms with Crippen molar-refractivity contribution in [1.82, 2.24) is 4.90 Å². The number of morpholine rings is 1. The van der Waals surface area contributed by atoms with Crippen molar-refractivity contribution in [1.29, 1.82) is 0 Å². The van der Waals surface area contributed by atoms with Crippen molar-refractivity contribution in [2.45, 2.75) is 18.9 Å². The van der Waals surface area contributed by atoms with E-state index in [9.17, 15) is 9.59 Å². The van der Waals surface area contributed by atoms with Crippen LogP contribution in [0.25, 0.3) is 0 Å². The summed E-state index contributed by atoms with van der Waals surface area (Å²) in [5.74, 6) is -0.432. The van der Waals surface area contributed by atoms with E-state index in [2.05, 4.69) is 4.74 Å². The normalized spacial score (nSPS) is 18.3. The minimum absolute atomic E-state index is 0.00891. The number of anilines is 1. The maximum atomic E-state index is 12.2. The molecule has 6 nitrogen and oxygen atoms in total. The lowest BCUT2D eigenvalue weighted by Gasteiger charge is -2.31. The molecule has 1 aliphatic heterocycles. The van der Waals surface area contributed by atoms with E-state index in [1.54, 1.807) is 4.90 Å². The first-order valence-electron chi connectivity index (χ1n) is 6.92. The van der Waals surface area contributed by atoms with Crippen molar-refractivity contribution in [2.24, 2.45) is 0 Å². The van der Waals surface area contributed by atoms with Gasteiger partial charge in [-0.2, -0.15) is 0 Å². The number of ether oxygens (including phenoxy) is 2. The third kappa shape index (κ3) is 4.19. The number of benzene rings is 1. The Hall–Kier alpha value is -2.08. The third-order valence-corrected chi connectivity index (χ3v) is 3.46. The lowest BCUT2D eigenvalue weighted by atomic mass is 10.1. The van der Waals surface area contributed by atoms with Gasteiger partial charge in [-0.15, -0.1) is 0 Å². The monoisotopic (exact) mass is 292 g/mol. The molecule has 0 aromatic heterocycles. The van der Waals surface area contributed by atoms with E-state index < -0.39 is 12.1 Å². The minimum atomic E-state index is -0.680. The fourth-order valence-electron chi connectivity index (χ4n) is 2.31. The van der Waals surface area contributed by atoms with Gasteiger partial charge in [0, 0.05) is 18.7 Å². The third-order valence-electron chi connectivity index (χ3n) is 3.46. The number of aryl methyl sites for hydroxylation is 1. The predicted octanol–water partition coefficient (Wildman–Crippen LogP) is 0.602. The van der Waals surface area contributed by atoms with E-state index in [4.69, 9.17) is 10.5 Å². The summed E-state index contributed by atoms with van der Waals surface area (Å²) in [6.07, 6.45) is 0.335. The van der Waals surface area contributed by atoms with E-state index in [1.807, 2.05) is 24.3 Å². The highest BCUT2D eigenvalue weighted by Crippen LogP contribution is 2.12. The number of esters is 1. The molecule has 0 spiro atoms. The van der Waals surface area contributed by atoms with Gasteiger partial charge in [0.1, 0.15) is 0 Å². The Labute approximate surface area is 123 Å². The van der Waals surface area contributed by atoms with Crippen LogP contribution in [0.15, 0.2) is 24.3 Å². The van der Waals surface area contributed by atoms with Gasteiger partial charge in [0.15, 0.2) is 6.10 Å². The van der Waals surface area contributed by atoms with Gasteiger partial charge in [-0.3, -0.25) is 4.79 Å². The largest absolute Gasteiger partial charge is 0.467 e. The van der Waals surface area contributed by atoms with Crippen LogP contribution in [0.3, 0.4) is 0 Å². The van der Waals surface area contributed by atoms with Crippen LogP contribution in [-0.4, -0.2) is 49.7 Å². The molecule has 1 unspecified atom stereocenters. The highest BCUT2D eigenvalue weighted by Gasteiger charge is 2.29. The molecule has 1 aromatic rings. The standard InChI is InChI=1S/C15H20N2O4/c1-20-15(19)13-10-17(7-8-21-13)14(18)6-5-11-3-2-4-12(16)9-11/h2-4,9,13H,5-8,10,16H2,1H3. The SMILES string of the molecule is COC(=O)C1CN(C(=O)CCc2cccc(N)c2)CCO1. The highest BCUT2D eigenvalue weighted by atomic mass is 16.6. The second-order valence-corrected chi connectivity index (χ2v) is 4.97. The van der Waals surface area contributed by atoms with E-state index in [-0.39, 0.29) is 12.5 Å². The second kappa shape index (κ2) is 7.08. The predicted molar refractivity (Wildman–Crippen MR) is 77.5 cm³/mol. The Morgan fingerprint density at radius 2 is 2.29 bits per heavy atom. The molecule has 21 heavy (non-hydrogen) atoms. The van der Waals surface area contributed by atoms with Crippen molar-refractivity contribution in [3.63, 3.8) is 0 Å². The van der Waals surface area contributed by atoms with Gasteiger partial charge < -0.3 is 20.1 Å². The molecule has 0 bridgehead atoms. The topological polar surface area (TPSA) is 81.9 Å². The number of nitrogen functional groups attached to an aromatic ring is 1. The first-order valence-corrected chi connectivity index (χ1v) is 6.92. The number of nitrogens with zero attached hydrogens (tertiary/aromatic N) is 1. The molecule has 1 aromatic carbocycles. The van der Waals surface area contributed by atoms with Gasteiger partial charge in [0.25, 0.3) is 0 Å². The number of methoxy groups -OCH3 is 1. The fraction of sp³-hybridized carbons (Fsp3) is 0.467. The molecule has 1 fully saturated rings. The average Bonchev–Trinajstić information content (AvgIpc) is 2.52. The maximum absolute atomic E-state index is 12.2. The zero-order chi connectivity index (χ0) is 15.2. The van der Waals surface area contributed by atoms with E-state index >= 15 is 0 Å². The van der Waals surface area contributed by atoms with Gasteiger partial charge >= 0.3 is 5.97 Å². The van der Waals surface area contributed by atoms with Gasteiger partial charge in [-0.05, 0) is 24.1 Å². The van der Waals surface area contributed by atoms with Gasteiger partial charge in [-0.25, -0.2) is 4.79 Å². The van der Waals surface area contributed by atoms with E-state index in [0.717, 1.165) is 5.56 Å². The minimum Gasteiger partial charge on any atom is -0.467 e. The number of hydrogen-bond acceptors (Lipinski definition) is 5. The maximum Gasteiger partial charge on any atom is 0.336 e. The summed E-state index contributed by atoms with van der Waals surface area (Å²) >= 11 is 0. The first-order chi connectivity index (χ1) is 10.1. The van der Waals surface area contributed by atoms with Gasteiger partial charge in [-0.1, -0.05) is 12.1 Å². The quantitative estimate of drug-likeness (QED) is 0.649. The molecule has 0 saturated carbocycles. The summed E-state index contributed by atoms with van der Waals surface area (Å²) in [6.45, 7) is 1.11. The molecule has 1 saturated heterocycles. The summed E-state index contributed by atoms with van der Waals surface area (Å²) in [7, 11) is 1.31. The molecule has 1 aliphatic rings. The highest BCUT2D eigenvalue weighted by molar-refractivity contribution is 5.79. The second-order valence-electron chi connectivity index (χ2n) is 4.97. The van der Waals surface area contributed by atoms with Crippen LogP contribution in [0.5, 0.6) is 0 Å². The van der Waals surface area contributed by atoms with Crippen LogP contribution in [0, 0.1) is 0 Å². The van der Waals surface area contributed by atoms with Crippen molar-refractivity contribution in [3.05, 3.63) is 29.8 Å². The van der Waals surface area contributed by atoms with Crippen LogP contribution in [0.4, 0.5) is 5.69 Å². The summed E-state index contributed by atoms with van der Waals surface area (Å²) in [5.41, 5.74) is 7.43. The van der Waals surface area contributed by atoms with E-state index in [1.165, 1.54) is 7.11 Å². The smallest absolute Gasteiger partial charge is 0.336 e. The molecule has 2 rings (SSSR count). The van der Waals surface area contributed by atoms with Gasteiger partial charge in [0.2, 0.25) is 5.91 Å². The zero-order valence-electron chi connectivity index (χ0n) is 12.1. The molecular formula is C15H20N2O4. The number of nitrogens with two attached hydrogens (primary N) is 1. The number of hydrogen-bond donors (Lipinski definition) is 1. The lowest BCUT2D eigenvalue weighted by molar-refractivity contribution is -0.162. The molecule has 2 N–H and O–H groups in total. The van der Waals surface area contributed by atoms with Crippen LogP contribution in [-0.2, 0) is 25.5 Å². The number of amides is 1. The fourth-order valence-corrected chi connectivity index (χ4v) is 2.31. The molecule has 1 heterocycles. The Kier molecular flexibility index (Phi) is 5.16. The Morgan fingerprint density at radius 1 is 1.48 bits per heavy atom. The van der Waals surface area contributed by atoms with Crippen molar-refractivity contribution >= 4 is 17.6 Å². The Morgan fingerprint density at radius 3 is 3.00 bits per heavy atom. The van der Waals surface area contributed by atoms with Crippen molar-refractivity contribution in [3.8, 4) is 0 Å². The molecule has 1 amide bonds. The van der Waals surface area contributed by atoms with Crippen LogP contribution in [0.2, 0.25) is 0 Å². The average molecular weight is 292 g/mol. The number of carbonyl (C=O) groups excluding carboxylic acids is 2. The summed E-state index contributed by atoms with van der Waals surface area (Å²) in [5, 5.41) is 0. The van der Waals surface area contributed by atoms with Crippen molar-refractivity contribution < 1.29 is 19.1 Å². The van der Waals surface area contributed by atoms with Crippen LogP contribution < -0.4 is 5.73 Å². The molecule has 1 atom stereocenters. The number of rotatable bonds is 4. The molecule has 0 radical (unpaired) electrons. The Balaban J connectivity index is 1.86. The summed E-state index contributed by atoms with van der Waals surface area (Å²) < 4.78 is 9.95. The Bertz CT molecular complexity index is 518. The van der Waals surface area contributed by atoms with Crippen LogP contribution >= 0.6 is 0 Å². The lowest BCUT2D eigenvalue weighted by Crippen LogP contribution is -2.48. The number of carbonyl (C=O) groups is 2. The molecule has 6 heteroatoms. The molecule has 114 valence electrons. The zero-order valence-corrected chi connectivity index (χ0v) is 12.1. The first kappa shape index (κ1) is 15.3. The molecule has 0 aliphatic carbocycles. The van der Waals surface area contributed by atoms with Crippen molar-refractivity contribution in [2.75, 3.05) is 32.5 Å². The van der Waals surface area contributed by atoms with Crippen LogP contribution in [0.1, 0.15) is 12.0 Å². The van der Waals surface area contributed by atoms with E-state index in [0.29, 0.717) is 31.7 Å². The summed E-state index contributed by atoms with van der Waals surface area (Å²) in [4.78, 5) is 25.3.